The van der Waals surface area contributed by atoms with Gasteiger partial charge in [-0.3, -0.25) is 0 Å². The van der Waals surface area contributed by atoms with E-state index in [2.05, 4.69) is 0 Å². The van der Waals surface area contributed by atoms with Gasteiger partial charge in [-0.25, -0.2) is 0 Å². The summed E-state index contributed by atoms with van der Waals surface area (Å²) in [7, 11) is 0. The van der Waals surface area contributed by atoms with Crippen LogP contribution in [0, 0.1) is 116 Å². The van der Waals surface area contributed by atoms with Crippen LogP contribution in [0.3, 0.4) is 0 Å². The van der Waals surface area contributed by atoms with E-state index in [0.717, 1.165) is 57.2 Å². The molecule has 0 heterocycles. The maximum Gasteiger partial charge on any atom is -0.0240 e. The van der Waals surface area contributed by atoms with Crippen molar-refractivity contribution in [2.24, 2.45) is 116 Å². The number of hydrogen-bond acceptors (Lipinski definition) is 0. The van der Waals surface area contributed by atoms with Gasteiger partial charge in [-0.15, -0.1) is 0 Å². The highest BCUT2D eigenvalue weighted by molar-refractivity contribution is 5.10. The molecule has 20 rings (SSSR count). The monoisotopic (exact) mass is 965 g/mol. The van der Waals surface area contributed by atoms with Gasteiger partial charge >= 0.3 is 0 Å². The zero-order valence-corrected chi connectivity index (χ0v) is 48.9. The first kappa shape index (κ1) is 54.8. The van der Waals surface area contributed by atoms with E-state index in [4.69, 9.17) is 0 Å². The van der Waals surface area contributed by atoms with Gasteiger partial charge < -0.3 is 0 Å². The molecule has 0 amide bonds. The van der Waals surface area contributed by atoms with Gasteiger partial charge in [0.05, 0.1) is 0 Å². The summed E-state index contributed by atoms with van der Waals surface area (Å²) in [6.45, 7) is 16.0. The van der Waals surface area contributed by atoms with Gasteiger partial charge in [0.25, 0.3) is 0 Å². The molecule has 20 aliphatic carbocycles. The first-order chi connectivity index (χ1) is 34.5. The number of rotatable bonds is 0. The zero-order chi connectivity index (χ0) is 48.9. The van der Waals surface area contributed by atoms with Crippen molar-refractivity contribution in [3.8, 4) is 0 Å². The Labute approximate surface area is 439 Å². The molecule has 0 nitrogen and oxygen atoms in total. The second kappa shape index (κ2) is 24.6. The summed E-state index contributed by atoms with van der Waals surface area (Å²) in [6, 6.07) is 0. The normalized spacial score (nSPS) is 44.9. The zero-order valence-electron chi connectivity index (χ0n) is 48.9. The van der Waals surface area contributed by atoms with E-state index in [9.17, 15) is 0 Å². The molecule has 0 aliphatic heterocycles. The van der Waals surface area contributed by atoms with Crippen LogP contribution in [0.1, 0.15) is 325 Å². The second-order valence-corrected chi connectivity index (χ2v) is 29.1. The van der Waals surface area contributed by atoms with Gasteiger partial charge in [0, 0.05) is 0 Å². The van der Waals surface area contributed by atoms with Crippen LogP contribution in [0.15, 0.2) is 0 Å². The third-order valence-electron chi connectivity index (χ3n) is 26.7. The van der Waals surface area contributed by atoms with Crippen LogP contribution in [0.2, 0.25) is 0 Å². The van der Waals surface area contributed by atoms with Crippen LogP contribution in [0.5, 0.6) is 0 Å². The largest absolute Gasteiger partial charge is 0.0683 e. The van der Waals surface area contributed by atoms with E-state index in [1.165, 1.54) is 97.7 Å². The maximum atomic E-state index is 2.00. The minimum absolute atomic E-state index is 0.855. The van der Waals surface area contributed by atoms with Crippen molar-refractivity contribution in [1.29, 1.82) is 0 Å². The molecule has 20 aliphatic rings. The van der Waals surface area contributed by atoms with Crippen molar-refractivity contribution in [1.82, 2.24) is 0 Å². The Morgan fingerprint density at radius 1 is 0.157 bits per heavy atom. The minimum atomic E-state index is 0.855. The Morgan fingerprint density at radius 2 is 0.271 bits per heavy atom. The molecule has 0 N–H and O–H groups in total. The molecule has 0 radical (unpaired) electrons. The summed E-state index contributed by atoms with van der Waals surface area (Å²) in [6.07, 6.45) is 67.1. The predicted molar refractivity (Wildman–Crippen MR) is 305 cm³/mol. The fourth-order valence-electron chi connectivity index (χ4n) is 25.0. The SMILES string of the molecule is C1CCC2(C1)C1CC3CC(C1)CC2C3.C1CCC2(CC1)C1CC3CC(C1)CC2C3.C1CCCC2(CC1)C1CC3CC(C1)CC2C3.C1CCCC2(CCC1)C1CC3CC(C1)CC2C3.CC.CC.CC.CC. The van der Waals surface area contributed by atoms with Crippen molar-refractivity contribution >= 4 is 0 Å². The molecular formula is C70H124. The van der Waals surface area contributed by atoms with Crippen LogP contribution in [-0.4, -0.2) is 0 Å². The van der Waals surface area contributed by atoms with Crippen molar-refractivity contribution < 1.29 is 0 Å². The molecule has 20 fully saturated rings. The Kier molecular flexibility index (Phi) is 19.2. The maximum absolute atomic E-state index is 2.00. The average Bonchev–Trinajstić information content (AvgIpc) is 3.75. The quantitative estimate of drug-likeness (QED) is 0.227. The van der Waals surface area contributed by atoms with E-state index in [1.54, 1.807) is 231 Å². The molecule has 0 saturated heterocycles. The summed E-state index contributed by atoms with van der Waals surface area (Å²) in [5, 5.41) is 0. The molecular weight excluding hydrogens is 841 g/mol. The van der Waals surface area contributed by atoms with Gasteiger partial charge in [-0.1, -0.05) is 145 Å². The third-order valence-corrected chi connectivity index (χ3v) is 26.7. The lowest BCUT2D eigenvalue weighted by atomic mass is 9.42. The van der Waals surface area contributed by atoms with E-state index in [-0.39, 0.29) is 0 Å². The molecule has 0 aromatic rings. The van der Waals surface area contributed by atoms with E-state index < -0.39 is 0 Å². The molecule has 404 valence electrons. The molecule has 20 saturated carbocycles. The van der Waals surface area contributed by atoms with Gasteiger partial charge in [0.15, 0.2) is 0 Å². The fraction of sp³-hybridized carbons (Fsp3) is 1.00. The number of hydrogen-bond donors (Lipinski definition) is 0. The van der Waals surface area contributed by atoms with Gasteiger partial charge in [0.1, 0.15) is 0 Å². The van der Waals surface area contributed by atoms with E-state index in [1.807, 2.05) is 55.4 Å². The van der Waals surface area contributed by atoms with Crippen molar-refractivity contribution in [2.75, 3.05) is 0 Å². The van der Waals surface area contributed by atoms with E-state index >= 15 is 0 Å². The summed E-state index contributed by atoms with van der Waals surface area (Å²) in [4.78, 5) is 0. The van der Waals surface area contributed by atoms with Crippen LogP contribution in [0.25, 0.3) is 0 Å². The molecule has 0 aromatic heterocycles. The summed E-state index contributed by atoms with van der Waals surface area (Å²) in [5.74, 6) is 18.7. The van der Waals surface area contributed by atoms with Crippen LogP contribution in [-0.2, 0) is 0 Å². The minimum Gasteiger partial charge on any atom is -0.0683 e. The Hall–Kier alpha value is 0. The molecule has 0 aromatic carbocycles. The topological polar surface area (TPSA) is 0 Å². The standard InChI is InChI=1S/C17H28.C16H26.C15H24.C14H22.4C2H6/c1-2-4-6-17(7-5-3-1)15-9-13-8-14(11-15)12-16(17)10-13;1-2-4-6-16(5-3-1)14-8-12-7-13(10-14)11-15(16)9-12;1-2-4-15(5-3-1)13-7-11-6-12(9-13)10-14(15)8-11;1-2-4-14(3-1)12-6-10-5-11(8-12)9-13(14)7-10;4*1-2/h13-16H,1-12H2;12-15H,1-11H2;11-14H,1-10H2;10-13H,1-9H2;4*1-2H3. The average molecular weight is 966 g/mol. The van der Waals surface area contributed by atoms with E-state index in [0.29, 0.717) is 0 Å². The van der Waals surface area contributed by atoms with Crippen LogP contribution in [0.4, 0.5) is 0 Å². The summed E-state index contributed by atoms with van der Waals surface area (Å²) in [5.41, 5.74) is 3.50. The summed E-state index contributed by atoms with van der Waals surface area (Å²) < 4.78 is 0. The van der Waals surface area contributed by atoms with Gasteiger partial charge in [0.2, 0.25) is 0 Å². The van der Waals surface area contributed by atoms with Gasteiger partial charge in [-0.05, 0) is 296 Å². The summed E-state index contributed by atoms with van der Waals surface area (Å²) >= 11 is 0. The molecule has 16 bridgehead atoms. The lowest BCUT2D eigenvalue weighted by molar-refractivity contribution is -0.126. The Bertz CT molecular complexity index is 1390. The van der Waals surface area contributed by atoms with Crippen molar-refractivity contribution in [2.45, 2.75) is 325 Å². The smallest absolute Gasteiger partial charge is 0.0240 e. The van der Waals surface area contributed by atoms with Crippen molar-refractivity contribution in [3.05, 3.63) is 0 Å². The first-order valence-corrected chi connectivity index (χ1v) is 34.5. The van der Waals surface area contributed by atoms with Crippen LogP contribution < -0.4 is 0 Å². The highest BCUT2D eigenvalue weighted by Crippen LogP contribution is 2.70. The molecule has 0 heteroatoms. The lowest BCUT2D eigenvalue weighted by Crippen LogP contribution is -2.53. The highest BCUT2D eigenvalue weighted by atomic mass is 14.6. The molecule has 4 spiro atoms. The third kappa shape index (κ3) is 10.6. The van der Waals surface area contributed by atoms with Gasteiger partial charge in [-0.2, -0.15) is 0 Å². The molecule has 0 atom stereocenters. The van der Waals surface area contributed by atoms with Crippen LogP contribution >= 0.6 is 0 Å². The molecule has 70 heavy (non-hydrogen) atoms. The Balaban J connectivity index is 0.000000111. The van der Waals surface area contributed by atoms with Crippen molar-refractivity contribution in [3.63, 3.8) is 0 Å². The first-order valence-electron chi connectivity index (χ1n) is 34.5. The lowest BCUT2D eigenvalue weighted by Gasteiger charge is -2.63. The highest BCUT2D eigenvalue weighted by Gasteiger charge is 2.60. The molecule has 0 unspecified atom stereocenters. The second-order valence-electron chi connectivity index (χ2n) is 29.1. The fourth-order valence-corrected chi connectivity index (χ4v) is 25.0. The Morgan fingerprint density at radius 3 is 0.429 bits per heavy atom. The predicted octanol–water partition coefficient (Wildman–Crippen LogP) is 22.5.